The Morgan fingerprint density at radius 2 is 1.67 bits per heavy atom. The number of nitrogens with one attached hydrogen (secondary N) is 1. The van der Waals surface area contributed by atoms with E-state index in [1.165, 1.54) is 12.1 Å². The maximum atomic E-state index is 13.0. The van der Waals surface area contributed by atoms with Crippen LogP contribution in [0.2, 0.25) is 0 Å². The van der Waals surface area contributed by atoms with E-state index in [2.05, 4.69) is 17.1 Å². The second-order valence-corrected chi connectivity index (χ2v) is 9.51. The Labute approximate surface area is 208 Å². The predicted molar refractivity (Wildman–Crippen MR) is 133 cm³/mol. The largest absolute Gasteiger partial charge is 0.416 e. The van der Waals surface area contributed by atoms with E-state index in [0.29, 0.717) is 36.9 Å². The van der Waals surface area contributed by atoms with E-state index in [1.54, 1.807) is 4.90 Å². The Morgan fingerprint density at radius 3 is 2.33 bits per heavy atom. The number of anilines is 2. The summed E-state index contributed by atoms with van der Waals surface area (Å²) in [4.78, 5) is 26.8. The first kappa shape index (κ1) is 24.1. The summed E-state index contributed by atoms with van der Waals surface area (Å²) in [5.41, 5.74) is 2.41. The van der Waals surface area contributed by atoms with Gasteiger partial charge in [0, 0.05) is 42.9 Å². The van der Waals surface area contributed by atoms with Gasteiger partial charge in [0.05, 0.1) is 17.8 Å². The van der Waals surface area contributed by atoms with Gasteiger partial charge in [0.2, 0.25) is 0 Å². The van der Waals surface area contributed by atoms with Crippen LogP contribution in [0.5, 0.6) is 0 Å². The Morgan fingerprint density at radius 1 is 0.972 bits per heavy atom. The molecule has 1 N–H and O–H groups in total. The zero-order valence-electron chi connectivity index (χ0n) is 20.1. The molecule has 5 rings (SSSR count). The van der Waals surface area contributed by atoms with Crippen LogP contribution < -0.4 is 10.2 Å². The molecule has 0 radical (unpaired) electrons. The van der Waals surface area contributed by atoms with Crippen molar-refractivity contribution in [1.82, 2.24) is 14.9 Å². The van der Waals surface area contributed by atoms with Gasteiger partial charge in [-0.2, -0.15) is 13.2 Å². The molecule has 0 atom stereocenters. The van der Waals surface area contributed by atoms with Crippen LogP contribution in [-0.2, 0) is 19.1 Å². The number of amides is 2. The van der Waals surface area contributed by atoms with E-state index in [1.807, 2.05) is 30.3 Å². The van der Waals surface area contributed by atoms with Crippen LogP contribution in [0.15, 0.2) is 54.6 Å². The number of benzene rings is 2. The normalized spacial score (nSPS) is 16.6. The molecule has 0 bridgehead atoms. The van der Waals surface area contributed by atoms with E-state index in [0.717, 1.165) is 60.7 Å². The zero-order valence-corrected chi connectivity index (χ0v) is 20.1. The molecule has 9 heteroatoms. The lowest BCUT2D eigenvalue weighted by Crippen LogP contribution is -2.41. The Kier molecular flexibility index (Phi) is 6.55. The fourth-order valence-electron chi connectivity index (χ4n) is 4.71. The monoisotopic (exact) mass is 495 g/mol. The molecule has 2 aliphatic heterocycles. The highest BCUT2D eigenvalue weighted by atomic mass is 19.4. The lowest BCUT2D eigenvalue weighted by atomic mass is 9.98. The van der Waals surface area contributed by atoms with Gasteiger partial charge in [0.1, 0.15) is 5.82 Å². The molecule has 1 fully saturated rings. The van der Waals surface area contributed by atoms with Crippen molar-refractivity contribution in [2.75, 3.05) is 29.9 Å². The summed E-state index contributed by atoms with van der Waals surface area (Å²) in [6.07, 6.45) is -1.68. The van der Waals surface area contributed by atoms with Gasteiger partial charge in [-0.1, -0.05) is 37.3 Å². The van der Waals surface area contributed by atoms with Crippen molar-refractivity contribution in [2.24, 2.45) is 5.92 Å². The maximum absolute atomic E-state index is 13.0. The minimum Gasteiger partial charge on any atom is -0.356 e. The number of urea groups is 1. The fourth-order valence-corrected chi connectivity index (χ4v) is 4.71. The fraction of sp³-hybridized carbons (Fsp3) is 0.370. The second-order valence-electron chi connectivity index (χ2n) is 9.51. The number of piperidine rings is 1. The number of hydrogen-bond donors (Lipinski definition) is 1. The molecule has 2 amide bonds. The second kappa shape index (κ2) is 9.79. The van der Waals surface area contributed by atoms with Crippen molar-refractivity contribution < 1.29 is 18.0 Å². The number of nitrogens with zero attached hydrogens (tertiary/aromatic N) is 4. The van der Waals surface area contributed by atoms with E-state index >= 15 is 0 Å². The molecule has 36 heavy (non-hydrogen) atoms. The molecule has 2 aromatic carbocycles. The Balaban J connectivity index is 1.40. The minimum absolute atomic E-state index is 0.319. The van der Waals surface area contributed by atoms with Crippen LogP contribution >= 0.6 is 0 Å². The summed E-state index contributed by atoms with van der Waals surface area (Å²) < 4.78 is 38.6. The first-order chi connectivity index (χ1) is 17.3. The molecule has 6 nitrogen and oxygen atoms in total. The van der Waals surface area contributed by atoms with E-state index in [-0.39, 0.29) is 6.03 Å². The first-order valence-electron chi connectivity index (χ1n) is 12.2. The van der Waals surface area contributed by atoms with Crippen molar-refractivity contribution in [1.29, 1.82) is 0 Å². The van der Waals surface area contributed by atoms with Crippen molar-refractivity contribution in [3.05, 3.63) is 71.4 Å². The van der Waals surface area contributed by atoms with E-state index < -0.39 is 11.7 Å². The van der Waals surface area contributed by atoms with Crippen LogP contribution in [0.25, 0.3) is 11.4 Å². The molecule has 188 valence electrons. The summed E-state index contributed by atoms with van der Waals surface area (Å²) in [6, 6.07) is 14.0. The molecular formula is C27H28F3N5O. The third kappa shape index (κ3) is 5.15. The topological polar surface area (TPSA) is 61.4 Å². The van der Waals surface area contributed by atoms with E-state index in [9.17, 15) is 18.0 Å². The molecule has 2 aliphatic rings. The smallest absolute Gasteiger partial charge is 0.356 e. The average molecular weight is 496 g/mol. The molecule has 3 aromatic rings. The number of hydrogen-bond acceptors (Lipinski definition) is 4. The Bertz CT molecular complexity index is 1220. The number of carbonyl (C=O) groups excluding carboxylic acids is 1. The third-order valence-corrected chi connectivity index (χ3v) is 6.90. The standard InChI is InChI=1S/C27H28F3N5O/c1-18-11-14-34(15-12-18)25-22-17-35(26(36)31-21-9-7-20(8-10-21)27(28,29)30)16-13-23(22)32-24(33-25)19-5-3-2-4-6-19/h2-10,18H,11-17H2,1H3,(H,31,36). The minimum atomic E-state index is -4.42. The van der Waals surface area contributed by atoms with Gasteiger partial charge in [-0.05, 0) is 43.0 Å². The summed E-state index contributed by atoms with van der Waals surface area (Å²) in [5, 5.41) is 2.73. The van der Waals surface area contributed by atoms with Crippen molar-refractivity contribution in [2.45, 2.75) is 38.9 Å². The van der Waals surface area contributed by atoms with Crippen molar-refractivity contribution in [3.63, 3.8) is 0 Å². The van der Waals surface area contributed by atoms with Gasteiger partial charge in [0.15, 0.2) is 5.82 Å². The molecule has 0 unspecified atom stereocenters. The number of fused-ring (bicyclic) bond motifs is 1. The molecule has 0 aliphatic carbocycles. The van der Waals surface area contributed by atoms with Crippen molar-refractivity contribution >= 4 is 17.5 Å². The SMILES string of the molecule is CC1CCN(c2nc(-c3ccccc3)nc3c2CN(C(=O)Nc2ccc(C(F)(F)F)cc2)CC3)CC1. The predicted octanol–water partition coefficient (Wildman–Crippen LogP) is 5.99. The van der Waals surface area contributed by atoms with Gasteiger partial charge in [-0.25, -0.2) is 14.8 Å². The summed E-state index contributed by atoms with van der Waals surface area (Å²) in [7, 11) is 0. The van der Waals surface area contributed by atoms with Crippen LogP contribution in [0, 0.1) is 5.92 Å². The number of halogens is 3. The Hall–Kier alpha value is -3.62. The van der Waals surface area contributed by atoms with Crippen molar-refractivity contribution in [3.8, 4) is 11.4 Å². The van der Waals surface area contributed by atoms with Crippen LogP contribution in [-0.4, -0.2) is 40.5 Å². The highest BCUT2D eigenvalue weighted by Gasteiger charge is 2.31. The summed E-state index contributed by atoms with van der Waals surface area (Å²) in [6.45, 7) is 4.86. The lowest BCUT2D eigenvalue weighted by Gasteiger charge is -2.36. The number of rotatable bonds is 3. The highest BCUT2D eigenvalue weighted by Crippen LogP contribution is 2.33. The van der Waals surface area contributed by atoms with Gasteiger partial charge in [-0.3, -0.25) is 0 Å². The zero-order chi connectivity index (χ0) is 25.3. The quantitative estimate of drug-likeness (QED) is 0.485. The molecule has 1 aromatic heterocycles. The third-order valence-electron chi connectivity index (χ3n) is 6.90. The van der Waals surface area contributed by atoms with E-state index in [4.69, 9.17) is 9.97 Å². The molecule has 1 saturated heterocycles. The number of aromatic nitrogens is 2. The highest BCUT2D eigenvalue weighted by molar-refractivity contribution is 5.89. The number of alkyl halides is 3. The summed E-state index contributed by atoms with van der Waals surface area (Å²) in [5.74, 6) is 2.22. The maximum Gasteiger partial charge on any atom is 0.416 e. The van der Waals surface area contributed by atoms with Gasteiger partial charge in [-0.15, -0.1) is 0 Å². The van der Waals surface area contributed by atoms with Gasteiger partial charge >= 0.3 is 12.2 Å². The van der Waals surface area contributed by atoms with Crippen LogP contribution in [0.4, 0.5) is 29.5 Å². The van der Waals surface area contributed by atoms with Crippen LogP contribution in [0.3, 0.4) is 0 Å². The lowest BCUT2D eigenvalue weighted by molar-refractivity contribution is -0.137. The van der Waals surface area contributed by atoms with Crippen LogP contribution in [0.1, 0.15) is 36.6 Å². The van der Waals surface area contributed by atoms with Gasteiger partial charge < -0.3 is 15.1 Å². The average Bonchev–Trinajstić information content (AvgIpc) is 2.88. The summed E-state index contributed by atoms with van der Waals surface area (Å²) >= 11 is 0. The van der Waals surface area contributed by atoms with Gasteiger partial charge in [0.25, 0.3) is 0 Å². The first-order valence-corrected chi connectivity index (χ1v) is 12.2. The molecular weight excluding hydrogens is 467 g/mol. The molecule has 0 spiro atoms. The molecule has 0 saturated carbocycles. The number of carbonyl (C=O) groups is 1. The molecule has 3 heterocycles.